The smallest absolute Gasteiger partial charge is 0.200 e. The van der Waals surface area contributed by atoms with E-state index in [0.717, 1.165) is 5.56 Å². The third kappa shape index (κ3) is 2.21. The summed E-state index contributed by atoms with van der Waals surface area (Å²) < 4.78 is 5.59. The van der Waals surface area contributed by atoms with E-state index in [4.69, 9.17) is 4.74 Å². The zero-order valence-electron chi connectivity index (χ0n) is 9.71. The fraction of sp³-hybridized carbons (Fsp3) is 0.154. The van der Waals surface area contributed by atoms with Crippen molar-refractivity contribution >= 4 is 10.8 Å². The number of ether oxygens (including phenoxy) is 1. The van der Waals surface area contributed by atoms with Gasteiger partial charge in [0.25, 0.3) is 0 Å². The molecule has 0 aliphatic rings. The molecular formula is C13H12N4O. The summed E-state index contributed by atoms with van der Waals surface area (Å²) in [4.78, 5) is 0. The number of benzene rings is 2. The summed E-state index contributed by atoms with van der Waals surface area (Å²) in [5.74, 6) is 0.565. The second-order valence-electron chi connectivity index (χ2n) is 3.96. The van der Waals surface area contributed by atoms with E-state index in [2.05, 4.69) is 44.9 Å². The number of hydrogen-bond acceptors (Lipinski definition) is 4. The van der Waals surface area contributed by atoms with Crippen LogP contribution in [0.15, 0.2) is 42.5 Å². The highest BCUT2D eigenvalue weighted by atomic mass is 16.5. The second kappa shape index (κ2) is 4.93. The molecule has 0 bridgehead atoms. The maximum atomic E-state index is 5.59. The van der Waals surface area contributed by atoms with Crippen molar-refractivity contribution in [2.75, 3.05) is 0 Å². The van der Waals surface area contributed by atoms with Crippen molar-refractivity contribution in [1.29, 1.82) is 0 Å². The van der Waals surface area contributed by atoms with E-state index in [-0.39, 0.29) is 0 Å². The molecule has 0 radical (unpaired) electrons. The lowest BCUT2D eigenvalue weighted by Gasteiger charge is -2.06. The molecule has 3 aromatic rings. The van der Waals surface area contributed by atoms with Gasteiger partial charge in [0.15, 0.2) is 5.82 Å². The van der Waals surface area contributed by atoms with E-state index in [1.807, 2.05) is 18.2 Å². The van der Waals surface area contributed by atoms with Crippen LogP contribution in [-0.4, -0.2) is 20.6 Å². The van der Waals surface area contributed by atoms with Crippen LogP contribution in [0.3, 0.4) is 0 Å². The number of H-pyrrole nitrogens is 1. The summed E-state index contributed by atoms with van der Waals surface area (Å²) in [5.41, 5.74) is 1.16. The number of fused-ring (bicyclic) bond motifs is 1. The van der Waals surface area contributed by atoms with Crippen molar-refractivity contribution in [3.05, 3.63) is 53.9 Å². The average molecular weight is 240 g/mol. The number of rotatable bonds is 4. The van der Waals surface area contributed by atoms with Gasteiger partial charge in [-0.3, -0.25) is 0 Å². The van der Waals surface area contributed by atoms with Gasteiger partial charge >= 0.3 is 0 Å². The van der Waals surface area contributed by atoms with E-state index in [1.54, 1.807) is 0 Å². The van der Waals surface area contributed by atoms with Gasteiger partial charge in [-0.15, -0.1) is 10.2 Å². The molecule has 0 spiro atoms. The molecule has 2 aromatic carbocycles. The summed E-state index contributed by atoms with van der Waals surface area (Å²) >= 11 is 0. The van der Waals surface area contributed by atoms with Crippen LogP contribution in [0.4, 0.5) is 0 Å². The normalized spacial score (nSPS) is 10.9. The van der Waals surface area contributed by atoms with Gasteiger partial charge in [-0.2, -0.15) is 5.21 Å². The quantitative estimate of drug-likeness (QED) is 0.758. The SMILES string of the molecule is c1ccc2c(COCc3nn[nH]n3)cccc2c1. The fourth-order valence-electron chi connectivity index (χ4n) is 1.91. The summed E-state index contributed by atoms with van der Waals surface area (Å²) in [6, 6.07) is 14.5. The highest BCUT2D eigenvalue weighted by Crippen LogP contribution is 2.19. The Morgan fingerprint density at radius 3 is 2.78 bits per heavy atom. The third-order valence-electron chi connectivity index (χ3n) is 2.76. The Bertz CT molecular complexity index is 631. The zero-order valence-corrected chi connectivity index (χ0v) is 9.71. The molecule has 0 unspecified atom stereocenters. The molecule has 0 aliphatic heterocycles. The first kappa shape index (κ1) is 10.9. The fourth-order valence-corrected chi connectivity index (χ4v) is 1.91. The van der Waals surface area contributed by atoms with E-state index < -0.39 is 0 Å². The maximum absolute atomic E-state index is 5.59. The molecule has 18 heavy (non-hydrogen) atoms. The Labute approximate surface area is 104 Å². The molecule has 0 atom stereocenters. The predicted molar refractivity (Wildman–Crippen MR) is 66.6 cm³/mol. The molecule has 1 aromatic heterocycles. The Hall–Kier alpha value is -2.27. The summed E-state index contributed by atoms with van der Waals surface area (Å²) in [7, 11) is 0. The molecule has 0 amide bonds. The third-order valence-corrected chi connectivity index (χ3v) is 2.76. The molecule has 3 rings (SSSR count). The molecule has 0 saturated heterocycles. The Morgan fingerprint density at radius 1 is 1.00 bits per heavy atom. The molecule has 90 valence electrons. The number of nitrogens with one attached hydrogen (secondary N) is 1. The minimum absolute atomic E-state index is 0.361. The van der Waals surface area contributed by atoms with E-state index in [0.29, 0.717) is 19.0 Å². The lowest BCUT2D eigenvalue weighted by Crippen LogP contribution is -1.96. The highest BCUT2D eigenvalue weighted by molar-refractivity contribution is 5.85. The van der Waals surface area contributed by atoms with Crippen LogP contribution in [0.25, 0.3) is 10.8 Å². The predicted octanol–water partition coefficient (Wildman–Crippen LogP) is 2.07. The van der Waals surface area contributed by atoms with E-state index in [1.165, 1.54) is 10.8 Å². The van der Waals surface area contributed by atoms with Crippen molar-refractivity contribution in [2.24, 2.45) is 0 Å². The standard InChI is InChI=1S/C13H12N4O/c1-2-7-12-10(4-1)5-3-6-11(12)8-18-9-13-14-16-17-15-13/h1-7H,8-9H2,(H,14,15,16,17). The first-order chi connectivity index (χ1) is 8.93. The summed E-state index contributed by atoms with van der Waals surface area (Å²) in [5, 5.41) is 16.0. The minimum atomic E-state index is 0.361. The van der Waals surface area contributed by atoms with Crippen molar-refractivity contribution in [3.8, 4) is 0 Å². The van der Waals surface area contributed by atoms with Gasteiger partial charge in [-0.1, -0.05) is 47.7 Å². The monoisotopic (exact) mass is 240 g/mol. The van der Waals surface area contributed by atoms with Gasteiger partial charge in [-0.25, -0.2) is 0 Å². The topological polar surface area (TPSA) is 63.7 Å². The van der Waals surface area contributed by atoms with Gasteiger partial charge in [0, 0.05) is 0 Å². The second-order valence-corrected chi connectivity index (χ2v) is 3.96. The first-order valence-corrected chi connectivity index (χ1v) is 5.70. The molecular weight excluding hydrogens is 228 g/mol. The van der Waals surface area contributed by atoms with Crippen LogP contribution in [-0.2, 0) is 18.0 Å². The highest BCUT2D eigenvalue weighted by Gasteiger charge is 2.02. The number of aromatic amines is 1. The molecule has 1 heterocycles. The van der Waals surface area contributed by atoms with Crippen LogP contribution in [0, 0.1) is 0 Å². The lowest BCUT2D eigenvalue weighted by atomic mass is 10.1. The van der Waals surface area contributed by atoms with Gasteiger partial charge in [0.05, 0.1) is 6.61 Å². The van der Waals surface area contributed by atoms with Crippen LogP contribution >= 0.6 is 0 Å². The summed E-state index contributed by atoms with van der Waals surface area (Å²) in [6.07, 6.45) is 0. The zero-order chi connectivity index (χ0) is 12.2. The Kier molecular flexibility index (Phi) is 2.97. The largest absolute Gasteiger partial charge is 0.369 e. The van der Waals surface area contributed by atoms with Gasteiger partial charge in [0.2, 0.25) is 0 Å². The molecule has 0 saturated carbocycles. The van der Waals surface area contributed by atoms with Gasteiger partial charge in [0.1, 0.15) is 6.61 Å². The van der Waals surface area contributed by atoms with Crippen LogP contribution in [0.2, 0.25) is 0 Å². The summed E-state index contributed by atoms with van der Waals surface area (Å²) in [6.45, 7) is 0.898. The van der Waals surface area contributed by atoms with Crippen molar-refractivity contribution < 1.29 is 4.74 Å². The molecule has 0 fully saturated rings. The minimum Gasteiger partial charge on any atom is -0.369 e. The Balaban J connectivity index is 1.74. The molecule has 1 N–H and O–H groups in total. The number of aromatic nitrogens is 4. The average Bonchev–Trinajstić information content (AvgIpc) is 2.92. The first-order valence-electron chi connectivity index (χ1n) is 5.70. The van der Waals surface area contributed by atoms with Crippen molar-refractivity contribution in [1.82, 2.24) is 20.6 Å². The maximum Gasteiger partial charge on any atom is 0.200 e. The van der Waals surface area contributed by atoms with Gasteiger partial charge in [-0.05, 0) is 16.3 Å². The van der Waals surface area contributed by atoms with Crippen LogP contribution in [0.5, 0.6) is 0 Å². The number of nitrogens with zero attached hydrogens (tertiary/aromatic N) is 3. The van der Waals surface area contributed by atoms with Crippen molar-refractivity contribution in [2.45, 2.75) is 13.2 Å². The van der Waals surface area contributed by atoms with Gasteiger partial charge < -0.3 is 4.74 Å². The van der Waals surface area contributed by atoms with Crippen LogP contribution in [0.1, 0.15) is 11.4 Å². The van der Waals surface area contributed by atoms with E-state index >= 15 is 0 Å². The lowest BCUT2D eigenvalue weighted by molar-refractivity contribution is 0.102. The van der Waals surface area contributed by atoms with E-state index in [9.17, 15) is 0 Å². The number of tetrazole rings is 1. The molecule has 5 heteroatoms. The van der Waals surface area contributed by atoms with Crippen LogP contribution < -0.4 is 0 Å². The number of hydrogen-bond donors (Lipinski definition) is 1. The molecule has 0 aliphatic carbocycles. The van der Waals surface area contributed by atoms with Crippen molar-refractivity contribution in [3.63, 3.8) is 0 Å². The Morgan fingerprint density at radius 2 is 1.89 bits per heavy atom. The molecule has 5 nitrogen and oxygen atoms in total.